The van der Waals surface area contributed by atoms with Gasteiger partial charge in [0.2, 0.25) is 0 Å². The Kier molecular flexibility index (Phi) is 7.59. The van der Waals surface area contributed by atoms with Crippen LogP contribution >= 0.6 is 0 Å². The molecule has 5 atom stereocenters. The van der Waals surface area contributed by atoms with Gasteiger partial charge in [0.15, 0.2) is 0 Å². The van der Waals surface area contributed by atoms with Crippen LogP contribution in [0.2, 0.25) is 0 Å². The van der Waals surface area contributed by atoms with Gasteiger partial charge in [0, 0.05) is 12.5 Å². The van der Waals surface area contributed by atoms with Crippen molar-refractivity contribution in [2.45, 2.75) is 58.3 Å². The molecule has 0 aromatic heterocycles. The summed E-state index contributed by atoms with van der Waals surface area (Å²) in [5.74, 6) is -2.70. The molecule has 0 amide bonds. The van der Waals surface area contributed by atoms with Crippen molar-refractivity contribution in [2.24, 2.45) is 17.8 Å². The number of allylic oxidation sites excluding steroid dienone is 1. The van der Waals surface area contributed by atoms with E-state index >= 15 is 0 Å². The summed E-state index contributed by atoms with van der Waals surface area (Å²) in [5.41, 5.74) is 1.80. The second kappa shape index (κ2) is 9.48. The van der Waals surface area contributed by atoms with Gasteiger partial charge in [-0.05, 0) is 43.8 Å². The summed E-state index contributed by atoms with van der Waals surface area (Å²) < 4.78 is 5.51. The smallest absolute Gasteiger partial charge is 0.320 e. The minimum atomic E-state index is -0.972. The number of hydrogen-bond acceptors (Lipinski definition) is 6. The van der Waals surface area contributed by atoms with Gasteiger partial charge in [-0.3, -0.25) is 9.59 Å². The van der Waals surface area contributed by atoms with E-state index in [2.05, 4.69) is 5.32 Å². The number of carboxylic acids is 1. The van der Waals surface area contributed by atoms with Crippen molar-refractivity contribution in [3.8, 4) is 0 Å². The van der Waals surface area contributed by atoms with E-state index in [1.807, 2.05) is 13.0 Å². The molecule has 0 spiro atoms. The third-order valence-electron chi connectivity index (χ3n) is 5.43. The van der Waals surface area contributed by atoms with Gasteiger partial charge in [-0.25, -0.2) is 0 Å². The van der Waals surface area contributed by atoms with Crippen LogP contribution < -0.4 is 5.32 Å². The lowest BCUT2D eigenvalue weighted by molar-refractivity contribution is -0.144. The Balaban J connectivity index is 2.25. The van der Waals surface area contributed by atoms with E-state index in [0.29, 0.717) is 12.8 Å². The zero-order valence-electron chi connectivity index (χ0n) is 16.2. The number of nitrogens with one attached hydrogen (secondary N) is 1. The van der Waals surface area contributed by atoms with E-state index in [1.54, 1.807) is 19.9 Å². The van der Waals surface area contributed by atoms with Crippen LogP contribution in [-0.4, -0.2) is 58.7 Å². The summed E-state index contributed by atoms with van der Waals surface area (Å²) in [6.07, 6.45) is 4.24. The molecule has 0 saturated carbocycles. The third-order valence-corrected chi connectivity index (χ3v) is 5.43. The summed E-state index contributed by atoms with van der Waals surface area (Å²) in [6, 6.07) is -0.779. The van der Waals surface area contributed by atoms with Crippen molar-refractivity contribution in [1.29, 1.82) is 0 Å². The number of aliphatic hydroxyl groups excluding tert-OH is 2. The first-order valence-corrected chi connectivity index (χ1v) is 9.55. The molecule has 0 aromatic carbocycles. The van der Waals surface area contributed by atoms with Gasteiger partial charge >= 0.3 is 11.9 Å². The van der Waals surface area contributed by atoms with E-state index in [9.17, 15) is 24.9 Å². The van der Waals surface area contributed by atoms with Crippen LogP contribution in [0.25, 0.3) is 0 Å². The van der Waals surface area contributed by atoms with Crippen molar-refractivity contribution in [3.63, 3.8) is 0 Å². The van der Waals surface area contributed by atoms with Gasteiger partial charge in [-0.2, -0.15) is 0 Å². The van der Waals surface area contributed by atoms with Crippen LogP contribution in [0, 0.1) is 17.8 Å². The molecule has 4 N–H and O–H groups in total. The SMILES string of the molecule is CC1=CCCC(CO)=CC2OC(=O)C(CNC(C(=O)O)C(C)C)C2C(O)C1. The number of aliphatic carboxylic acids is 1. The fraction of sp³-hybridized carbons (Fsp3) is 0.700. The number of rotatable bonds is 6. The van der Waals surface area contributed by atoms with E-state index < -0.39 is 42.0 Å². The lowest BCUT2D eigenvalue weighted by atomic mass is 9.81. The molecule has 0 radical (unpaired) electrons. The van der Waals surface area contributed by atoms with Crippen LogP contribution in [-0.2, 0) is 14.3 Å². The van der Waals surface area contributed by atoms with E-state index in [1.165, 1.54) is 0 Å². The molecule has 0 aromatic rings. The molecule has 152 valence electrons. The fourth-order valence-electron chi connectivity index (χ4n) is 3.90. The molecule has 2 rings (SSSR count). The first-order valence-electron chi connectivity index (χ1n) is 9.55. The molecule has 1 aliphatic heterocycles. The Labute approximate surface area is 160 Å². The lowest BCUT2D eigenvalue weighted by Crippen LogP contribution is -2.46. The van der Waals surface area contributed by atoms with Gasteiger partial charge < -0.3 is 25.4 Å². The normalized spacial score (nSPS) is 30.2. The highest BCUT2D eigenvalue weighted by Crippen LogP contribution is 2.35. The predicted molar refractivity (Wildman–Crippen MR) is 99.9 cm³/mol. The van der Waals surface area contributed by atoms with Crippen molar-refractivity contribution < 1.29 is 29.6 Å². The number of esters is 1. The van der Waals surface area contributed by atoms with Crippen LogP contribution in [0.1, 0.15) is 40.0 Å². The molecule has 0 bridgehead atoms. The average Bonchev–Trinajstić information content (AvgIpc) is 2.88. The quantitative estimate of drug-likeness (QED) is 0.404. The van der Waals surface area contributed by atoms with Gasteiger partial charge in [0.25, 0.3) is 0 Å². The average molecular weight is 381 g/mol. The van der Waals surface area contributed by atoms with Crippen LogP contribution in [0.15, 0.2) is 23.3 Å². The minimum Gasteiger partial charge on any atom is -0.480 e. The molecule has 1 heterocycles. The number of carbonyl (C=O) groups is 2. The molecule has 2 aliphatic rings. The Morgan fingerprint density at radius 3 is 2.70 bits per heavy atom. The van der Waals surface area contributed by atoms with Gasteiger partial charge in [-0.1, -0.05) is 25.5 Å². The Hall–Kier alpha value is -1.70. The second-order valence-electron chi connectivity index (χ2n) is 7.90. The number of fused-ring (bicyclic) bond motifs is 1. The summed E-state index contributed by atoms with van der Waals surface area (Å²) >= 11 is 0. The van der Waals surface area contributed by atoms with Gasteiger partial charge in [-0.15, -0.1) is 0 Å². The van der Waals surface area contributed by atoms with Crippen molar-refractivity contribution >= 4 is 11.9 Å². The fourth-order valence-corrected chi connectivity index (χ4v) is 3.90. The third kappa shape index (κ3) is 5.40. The summed E-state index contributed by atoms with van der Waals surface area (Å²) in [4.78, 5) is 23.9. The molecule has 7 heteroatoms. The molecule has 1 fully saturated rings. The molecular formula is C20H31NO6. The second-order valence-corrected chi connectivity index (χ2v) is 7.90. The van der Waals surface area contributed by atoms with Crippen LogP contribution in [0.5, 0.6) is 0 Å². The first kappa shape index (κ1) is 21.6. The van der Waals surface area contributed by atoms with Gasteiger partial charge in [0.05, 0.1) is 18.6 Å². The molecule has 27 heavy (non-hydrogen) atoms. The van der Waals surface area contributed by atoms with Gasteiger partial charge in [0.1, 0.15) is 12.1 Å². The summed E-state index contributed by atoms with van der Waals surface area (Å²) in [7, 11) is 0. The highest BCUT2D eigenvalue weighted by atomic mass is 16.6. The number of ether oxygens (including phenoxy) is 1. The van der Waals surface area contributed by atoms with E-state index in [-0.39, 0.29) is 19.1 Å². The maximum atomic E-state index is 12.5. The largest absolute Gasteiger partial charge is 0.480 e. The Bertz CT molecular complexity index is 612. The molecular weight excluding hydrogens is 350 g/mol. The topological polar surface area (TPSA) is 116 Å². The summed E-state index contributed by atoms with van der Waals surface area (Å²) in [5, 5.41) is 32.7. The predicted octanol–water partition coefficient (Wildman–Crippen LogP) is 1.25. The highest BCUT2D eigenvalue weighted by Gasteiger charge is 2.47. The monoisotopic (exact) mass is 381 g/mol. The lowest BCUT2D eigenvalue weighted by Gasteiger charge is -2.27. The van der Waals surface area contributed by atoms with Crippen molar-refractivity contribution in [3.05, 3.63) is 23.3 Å². The van der Waals surface area contributed by atoms with E-state index in [0.717, 1.165) is 17.6 Å². The Morgan fingerprint density at radius 1 is 1.41 bits per heavy atom. The van der Waals surface area contributed by atoms with E-state index in [4.69, 9.17) is 4.74 Å². The zero-order chi connectivity index (χ0) is 20.1. The molecule has 5 unspecified atom stereocenters. The standard InChI is InChI=1S/C20H31NO6/c1-11(2)18(19(24)25)21-9-14-17-15(23)7-12(3)5-4-6-13(10-22)8-16(17)27-20(14)26/h5,8,11,14-18,21-23H,4,6-7,9-10H2,1-3H3,(H,24,25). The number of carbonyl (C=O) groups excluding carboxylic acids is 1. The summed E-state index contributed by atoms with van der Waals surface area (Å²) in [6.45, 7) is 5.53. The molecule has 1 saturated heterocycles. The zero-order valence-corrected chi connectivity index (χ0v) is 16.2. The molecule has 7 nitrogen and oxygen atoms in total. The number of carboxylic acid groups (broad SMARTS) is 1. The van der Waals surface area contributed by atoms with Crippen molar-refractivity contribution in [2.75, 3.05) is 13.2 Å². The highest BCUT2D eigenvalue weighted by molar-refractivity contribution is 5.77. The first-order chi connectivity index (χ1) is 12.7. The maximum Gasteiger partial charge on any atom is 0.320 e. The molecule has 1 aliphatic carbocycles. The maximum absolute atomic E-state index is 12.5. The van der Waals surface area contributed by atoms with Crippen molar-refractivity contribution in [1.82, 2.24) is 5.32 Å². The minimum absolute atomic E-state index is 0.122. The van der Waals surface area contributed by atoms with Crippen LogP contribution in [0.4, 0.5) is 0 Å². The Morgan fingerprint density at radius 2 is 2.11 bits per heavy atom. The number of aliphatic hydroxyl groups is 2. The number of hydrogen-bond donors (Lipinski definition) is 4. The van der Waals surface area contributed by atoms with Crippen LogP contribution in [0.3, 0.4) is 0 Å².